The van der Waals surface area contributed by atoms with Gasteiger partial charge in [-0.2, -0.15) is 14.6 Å². The number of nitrogens with zero attached hydrogens (tertiary/aromatic N) is 10. The van der Waals surface area contributed by atoms with Crippen LogP contribution in [0.3, 0.4) is 0 Å². The Hall–Kier alpha value is -3.30. The van der Waals surface area contributed by atoms with E-state index in [1.54, 1.807) is 18.9 Å². The van der Waals surface area contributed by atoms with Crippen LogP contribution in [-0.2, 0) is 0 Å². The van der Waals surface area contributed by atoms with Crippen LogP contribution in [0.5, 0.6) is 0 Å². The van der Waals surface area contributed by atoms with Gasteiger partial charge in [0.05, 0.1) is 6.04 Å². The van der Waals surface area contributed by atoms with Crippen molar-refractivity contribution in [1.82, 2.24) is 39.2 Å². The summed E-state index contributed by atoms with van der Waals surface area (Å²) in [5.74, 6) is 2.52. The van der Waals surface area contributed by atoms with Crippen LogP contribution in [0, 0.1) is 13.8 Å². The molecule has 0 radical (unpaired) electrons. The zero-order valence-electron chi connectivity index (χ0n) is 14.8. The predicted octanol–water partition coefficient (Wildman–Crippen LogP) is 0.504. The van der Waals surface area contributed by atoms with Crippen LogP contribution in [0.1, 0.15) is 11.3 Å². The summed E-state index contributed by atoms with van der Waals surface area (Å²) in [4.78, 5) is 17.7. The molecule has 4 aromatic heterocycles. The second-order valence-electron chi connectivity index (χ2n) is 6.60. The first-order valence-electron chi connectivity index (χ1n) is 8.42. The van der Waals surface area contributed by atoms with E-state index >= 15 is 0 Å². The molecule has 1 fully saturated rings. The van der Waals surface area contributed by atoms with E-state index in [2.05, 4.69) is 54.0 Å². The zero-order chi connectivity index (χ0) is 17.8. The summed E-state index contributed by atoms with van der Waals surface area (Å²) in [5.41, 5.74) is 2.86. The molecule has 0 amide bonds. The molecule has 4 aromatic rings. The van der Waals surface area contributed by atoms with Crippen LogP contribution in [0.2, 0.25) is 0 Å². The maximum atomic E-state index is 4.50. The summed E-state index contributed by atoms with van der Waals surface area (Å²) < 4.78 is 3.69. The minimum absolute atomic E-state index is 0.341. The highest BCUT2D eigenvalue weighted by Crippen LogP contribution is 2.29. The van der Waals surface area contributed by atoms with Gasteiger partial charge in [0.1, 0.15) is 18.5 Å². The Kier molecular flexibility index (Phi) is 3.08. The second kappa shape index (κ2) is 5.35. The van der Waals surface area contributed by atoms with Gasteiger partial charge in [-0.3, -0.25) is 4.40 Å². The Morgan fingerprint density at radius 1 is 1.19 bits per heavy atom. The molecule has 0 saturated carbocycles. The van der Waals surface area contributed by atoms with Gasteiger partial charge < -0.3 is 9.80 Å². The standard InChI is InChI=1S/C16H18N10/c1-10-11(2)21-16-18-8-20-26(16)15(10)23(3)12-6-25(7-12)13-14-22-19-9-24(14)5-4-17-13/h4-5,8-9,12H,6-7H2,1-3H3. The summed E-state index contributed by atoms with van der Waals surface area (Å²) in [6, 6.07) is 0.341. The molecule has 0 N–H and O–H groups in total. The van der Waals surface area contributed by atoms with Gasteiger partial charge in [-0.1, -0.05) is 0 Å². The topological polar surface area (TPSA) is 92.6 Å². The molecule has 1 aliphatic rings. The number of rotatable bonds is 3. The van der Waals surface area contributed by atoms with Gasteiger partial charge in [-0.25, -0.2) is 9.97 Å². The van der Waals surface area contributed by atoms with Crippen molar-refractivity contribution in [3.8, 4) is 0 Å². The van der Waals surface area contributed by atoms with Crippen molar-refractivity contribution in [2.45, 2.75) is 19.9 Å². The Morgan fingerprint density at radius 3 is 2.88 bits per heavy atom. The Balaban J connectivity index is 1.44. The van der Waals surface area contributed by atoms with Gasteiger partial charge in [-0.05, 0) is 13.8 Å². The minimum atomic E-state index is 0.341. The molecule has 1 saturated heterocycles. The van der Waals surface area contributed by atoms with E-state index in [0.29, 0.717) is 11.8 Å². The molecule has 10 heteroatoms. The van der Waals surface area contributed by atoms with Crippen LogP contribution in [-0.4, -0.2) is 65.3 Å². The summed E-state index contributed by atoms with van der Waals surface area (Å²) >= 11 is 0. The summed E-state index contributed by atoms with van der Waals surface area (Å²) in [6.45, 7) is 5.79. The van der Waals surface area contributed by atoms with Gasteiger partial charge in [0, 0.05) is 43.8 Å². The third kappa shape index (κ3) is 2.04. The van der Waals surface area contributed by atoms with Gasteiger partial charge in [0.2, 0.25) is 5.65 Å². The van der Waals surface area contributed by atoms with Gasteiger partial charge in [0.25, 0.3) is 5.78 Å². The maximum absolute atomic E-state index is 4.50. The van der Waals surface area contributed by atoms with Crippen LogP contribution < -0.4 is 9.80 Å². The quantitative estimate of drug-likeness (QED) is 0.527. The molecular formula is C16H18N10. The second-order valence-corrected chi connectivity index (χ2v) is 6.60. The highest BCUT2D eigenvalue weighted by atomic mass is 15.4. The molecule has 5 heterocycles. The van der Waals surface area contributed by atoms with E-state index in [-0.39, 0.29) is 0 Å². The number of likely N-dealkylation sites (N-methyl/N-ethyl adjacent to an activating group) is 1. The van der Waals surface area contributed by atoms with Crippen molar-refractivity contribution >= 4 is 23.1 Å². The molecule has 0 unspecified atom stereocenters. The van der Waals surface area contributed by atoms with Crippen molar-refractivity contribution in [3.63, 3.8) is 0 Å². The van der Waals surface area contributed by atoms with Crippen LogP contribution in [0.15, 0.2) is 25.0 Å². The normalized spacial score (nSPS) is 15.0. The lowest BCUT2D eigenvalue weighted by Gasteiger charge is -2.45. The average Bonchev–Trinajstić information content (AvgIpc) is 3.23. The lowest BCUT2D eigenvalue weighted by atomic mass is 10.1. The maximum Gasteiger partial charge on any atom is 0.254 e. The molecule has 0 bridgehead atoms. The van der Waals surface area contributed by atoms with Gasteiger partial charge in [-0.15, -0.1) is 10.2 Å². The molecule has 5 rings (SSSR count). The van der Waals surface area contributed by atoms with Crippen molar-refractivity contribution < 1.29 is 0 Å². The molecule has 132 valence electrons. The monoisotopic (exact) mass is 350 g/mol. The van der Waals surface area contributed by atoms with Crippen molar-refractivity contribution in [2.75, 3.05) is 29.9 Å². The first-order chi connectivity index (χ1) is 12.6. The third-order valence-electron chi connectivity index (χ3n) is 5.12. The van der Waals surface area contributed by atoms with Crippen LogP contribution in [0.25, 0.3) is 11.4 Å². The molecule has 0 aliphatic carbocycles. The molecular weight excluding hydrogens is 332 g/mol. The Bertz CT molecular complexity index is 1110. The number of fused-ring (bicyclic) bond motifs is 2. The highest BCUT2D eigenvalue weighted by molar-refractivity contribution is 5.66. The number of anilines is 2. The number of aryl methyl sites for hydroxylation is 1. The fourth-order valence-electron chi connectivity index (χ4n) is 3.44. The molecule has 26 heavy (non-hydrogen) atoms. The molecule has 10 nitrogen and oxygen atoms in total. The van der Waals surface area contributed by atoms with Crippen molar-refractivity contribution in [1.29, 1.82) is 0 Å². The van der Waals surface area contributed by atoms with E-state index in [9.17, 15) is 0 Å². The van der Waals surface area contributed by atoms with E-state index < -0.39 is 0 Å². The molecule has 0 spiro atoms. The van der Waals surface area contributed by atoms with E-state index in [0.717, 1.165) is 41.6 Å². The average molecular weight is 350 g/mol. The number of aromatic nitrogens is 8. The van der Waals surface area contributed by atoms with Crippen molar-refractivity contribution in [2.24, 2.45) is 0 Å². The van der Waals surface area contributed by atoms with E-state index in [1.807, 2.05) is 22.0 Å². The molecule has 1 aliphatic heterocycles. The van der Waals surface area contributed by atoms with E-state index in [4.69, 9.17) is 0 Å². The largest absolute Gasteiger partial charge is 0.353 e. The lowest BCUT2D eigenvalue weighted by molar-refractivity contribution is 0.486. The predicted molar refractivity (Wildman–Crippen MR) is 95.4 cm³/mol. The number of hydrogen-bond donors (Lipinski definition) is 0. The smallest absolute Gasteiger partial charge is 0.254 e. The van der Waals surface area contributed by atoms with Crippen LogP contribution >= 0.6 is 0 Å². The summed E-state index contributed by atoms with van der Waals surface area (Å²) in [5, 5.41) is 12.5. The minimum Gasteiger partial charge on any atom is -0.353 e. The summed E-state index contributed by atoms with van der Waals surface area (Å²) in [7, 11) is 2.09. The zero-order valence-corrected chi connectivity index (χ0v) is 14.8. The van der Waals surface area contributed by atoms with Crippen LogP contribution in [0.4, 0.5) is 11.6 Å². The Labute approximate surface area is 149 Å². The van der Waals surface area contributed by atoms with Gasteiger partial charge in [0.15, 0.2) is 5.82 Å². The molecule has 0 atom stereocenters. The SMILES string of the molecule is Cc1nc2ncnn2c(N(C)C2CN(c3nccn4cnnc34)C2)c1C. The van der Waals surface area contributed by atoms with E-state index in [1.165, 1.54) is 0 Å². The lowest BCUT2D eigenvalue weighted by Crippen LogP contribution is -2.59. The Morgan fingerprint density at radius 2 is 2.04 bits per heavy atom. The first kappa shape index (κ1) is 15.0. The fourth-order valence-corrected chi connectivity index (χ4v) is 3.44. The first-order valence-corrected chi connectivity index (χ1v) is 8.42. The van der Waals surface area contributed by atoms with Gasteiger partial charge >= 0.3 is 0 Å². The fraction of sp³-hybridized carbons (Fsp3) is 0.375. The van der Waals surface area contributed by atoms with Crippen molar-refractivity contribution in [3.05, 3.63) is 36.3 Å². The molecule has 0 aromatic carbocycles. The summed E-state index contributed by atoms with van der Waals surface area (Å²) in [6.07, 6.45) is 6.86. The number of hydrogen-bond acceptors (Lipinski definition) is 8. The third-order valence-corrected chi connectivity index (χ3v) is 5.12. The highest BCUT2D eigenvalue weighted by Gasteiger charge is 2.34.